The quantitative estimate of drug-likeness (QED) is 0.277. The zero-order valence-corrected chi connectivity index (χ0v) is 12.3. The Morgan fingerprint density at radius 2 is 1.12 bits per heavy atom. The Bertz CT molecular complexity index is 229. The fourth-order valence-corrected chi connectivity index (χ4v) is 1.69. The van der Waals surface area contributed by atoms with Crippen LogP contribution in [-0.4, -0.2) is 11.4 Å². The van der Waals surface area contributed by atoms with E-state index >= 15 is 0 Å². The summed E-state index contributed by atoms with van der Waals surface area (Å²) in [6.07, 6.45) is 11.3. The zero-order valence-electron chi connectivity index (χ0n) is 12.3. The predicted molar refractivity (Wildman–Crippen MR) is 79.1 cm³/mol. The van der Waals surface area contributed by atoms with Gasteiger partial charge in [0.2, 0.25) is 0 Å². The maximum absolute atomic E-state index is 4.30. The molecule has 0 fully saturated rings. The molecule has 0 aromatic rings. The third kappa shape index (κ3) is 11.6. The molecule has 0 saturated heterocycles. The topological polar surface area (TPSA) is 24.7 Å². The number of hydrogen-bond donors (Lipinski definition) is 0. The highest BCUT2D eigenvalue weighted by atomic mass is 15.2. The molecule has 0 radical (unpaired) electrons. The molecule has 0 aliphatic carbocycles. The van der Waals surface area contributed by atoms with Crippen molar-refractivity contribution in [1.29, 1.82) is 0 Å². The number of nitrogens with zero attached hydrogens (tertiary/aromatic N) is 2. The minimum Gasteiger partial charge on any atom is -0.161 e. The van der Waals surface area contributed by atoms with Crippen LogP contribution in [0.25, 0.3) is 0 Å². The Kier molecular flexibility index (Phi) is 11.4. The van der Waals surface area contributed by atoms with E-state index in [9.17, 15) is 0 Å². The first-order valence-electron chi connectivity index (χ1n) is 7.27. The molecule has 2 nitrogen and oxygen atoms in total. The van der Waals surface area contributed by atoms with Gasteiger partial charge in [-0.1, -0.05) is 46.0 Å². The molecule has 0 aromatic heterocycles. The first-order valence-corrected chi connectivity index (χ1v) is 7.27. The van der Waals surface area contributed by atoms with Crippen molar-refractivity contribution in [2.75, 3.05) is 0 Å². The SMILES string of the molecule is CCCCCCC/C(C)=N/N=C(\C)CCCC. The summed E-state index contributed by atoms with van der Waals surface area (Å²) in [6.45, 7) is 8.63. The van der Waals surface area contributed by atoms with E-state index in [0.717, 1.165) is 18.6 Å². The Hall–Kier alpha value is -0.660. The average Bonchev–Trinajstić information content (AvgIpc) is 2.33. The lowest BCUT2D eigenvalue weighted by Crippen LogP contribution is -1.94. The van der Waals surface area contributed by atoms with Gasteiger partial charge in [-0.3, -0.25) is 0 Å². The van der Waals surface area contributed by atoms with Crippen LogP contribution in [-0.2, 0) is 0 Å². The lowest BCUT2D eigenvalue weighted by Gasteiger charge is -2.00. The van der Waals surface area contributed by atoms with Crippen LogP contribution in [0.3, 0.4) is 0 Å². The van der Waals surface area contributed by atoms with Gasteiger partial charge in [0.1, 0.15) is 0 Å². The maximum Gasteiger partial charge on any atom is 0.0375 e. The third-order valence-corrected chi connectivity index (χ3v) is 2.93. The van der Waals surface area contributed by atoms with Gasteiger partial charge in [0.25, 0.3) is 0 Å². The monoisotopic (exact) mass is 238 g/mol. The molecule has 0 spiro atoms. The maximum atomic E-state index is 4.30. The van der Waals surface area contributed by atoms with Gasteiger partial charge in [0.05, 0.1) is 0 Å². The molecular weight excluding hydrogens is 208 g/mol. The van der Waals surface area contributed by atoms with E-state index in [4.69, 9.17) is 0 Å². The van der Waals surface area contributed by atoms with E-state index < -0.39 is 0 Å². The van der Waals surface area contributed by atoms with Crippen LogP contribution in [0.4, 0.5) is 0 Å². The first-order chi connectivity index (χ1) is 8.20. The molecule has 0 N–H and O–H groups in total. The molecule has 0 aliphatic heterocycles. The van der Waals surface area contributed by atoms with Gasteiger partial charge < -0.3 is 0 Å². The highest BCUT2D eigenvalue weighted by Crippen LogP contribution is 2.06. The summed E-state index contributed by atoms with van der Waals surface area (Å²) < 4.78 is 0. The van der Waals surface area contributed by atoms with Gasteiger partial charge in [-0.2, -0.15) is 10.2 Å². The molecule has 100 valence electrons. The second-order valence-electron chi connectivity index (χ2n) is 4.94. The van der Waals surface area contributed by atoms with E-state index in [2.05, 4.69) is 37.9 Å². The minimum absolute atomic E-state index is 1.09. The summed E-state index contributed by atoms with van der Waals surface area (Å²) in [5.41, 5.74) is 2.34. The highest BCUT2D eigenvalue weighted by Gasteiger charge is 1.94. The van der Waals surface area contributed by atoms with Crippen molar-refractivity contribution in [2.45, 2.75) is 85.5 Å². The Morgan fingerprint density at radius 3 is 1.65 bits per heavy atom. The molecule has 0 aliphatic rings. The van der Waals surface area contributed by atoms with E-state index in [1.165, 1.54) is 50.7 Å². The summed E-state index contributed by atoms with van der Waals surface area (Å²) in [4.78, 5) is 0. The van der Waals surface area contributed by atoms with Gasteiger partial charge in [-0.15, -0.1) is 0 Å². The van der Waals surface area contributed by atoms with Gasteiger partial charge >= 0.3 is 0 Å². The smallest absolute Gasteiger partial charge is 0.0375 e. The molecule has 0 amide bonds. The summed E-state index contributed by atoms with van der Waals surface area (Å²) in [5, 5.41) is 8.58. The Balaban J connectivity index is 3.69. The molecule has 17 heavy (non-hydrogen) atoms. The second kappa shape index (κ2) is 11.8. The first kappa shape index (κ1) is 16.3. The standard InChI is InChI=1S/C15H30N2/c1-5-7-9-10-11-13-15(4)17-16-14(3)12-8-6-2/h5-13H2,1-4H3/b16-14+,17-15+. The number of rotatable bonds is 10. The van der Waals surface area contributed by atoms with Crippen molar-refractivity contribution >= 4 is 11.4 Å². The van der Waals surface area contributed by atoms with Crippen molar-refractivity contribution < 1.29 is 0 Å². The third-order valence-electron chi connectivity index (χ3n) is 2.93. The van der Waals surface area contributed by atoms with E-state index in [1.807, 2.05) is 0 Å². The van der Waals surface area contributed by atoms with Crippen LogP contribution >= 0.6 is 0 Å². The molecule has 0 heterocycles. The van der Waals surface area contributed by atoms with Crippen molar-refractivity contribution in [3.63, 3.8) is 0 Å². The zero-order chi connectivity index (χ0) is 12.9. The van der Waals surface area contributed by atoms with Gasteiger partial charge in [0.15, 0.2) is 0 Å². The van der Waals surface area contributed by atoms with Gasteiger partial charge in [-0.05, 0) is 39.5 Å². The van der Waals surface area contributed by atoms with Crippen LogP contribution in [0.1, 0.15) is 85.5 Å². The van der Waals surface area contributed by atoms with E-state index in [1.54, 1.807) is 0 Å². The Morgan fingerprint density at radius 1 is 0.647 bits per heavy atom. The molecule has 0 saturated carbocycles. The fourth-order valence-electron chi connectivity index (χ4n) is 1.69. The molecule has 0 unspecified atom stereocenters. The van der Waals surface area contributed by atoms with Crippen LogP contribution in [0, 0.1) is 0 Å². The van der Waals surface area contributed by atoms with Gasteiger partial charge in [0, 0.05) is 11.4 Å². The van der Waals surface area contributed by atoms with Crippen molar-refractivity contribution in [3.05, 3.63) is 0 Å². The molecule has 0 rings (SSSR count). The highest BCUT2D eigenvalue weighted by molar-refractivity contribution is 5.85. The van der Waals surface area contributed by atoms with Crippen LogP contribution in [0.5, 0.6) is 0 Å². The fraction of sp³-hybridized carbons (Fsp3) is 0.867. The predicted octanol–water partition coefficient (Wildman–Crippen LogP) is 5.37. The van der Waals surface area contributed by atoms with E-state index in [0.29, 0.717) is 0 Å². The van der Waals surface area contributed by atoms with Crippen molar-refractivity contribution in [1.82, 2.24) is 0 Å². The van der Waals surface area contributed by atoms with E-state index in [-0.39, 0.29) is 0 Å². The molecule has 0 aromatic carbocycles. The largest absolute Gasteiger partial charge is 0.161 e. The summed E-state index contributed by atoms with van der Waals surface area (Å²) in [7, 11) is 0. The molecule has 2 heteroatoms. The number of hydrogen-bond acceptors (Lipinski definition) is 2. The molecule has 0 atom stereocenters. The lowest BCUT2D eigenvalue weighted by molar-refractivity contribution is 0.642. The van der Waals surface area contributed by atoms with Crippen LogP contribution < -0.4 is 0 Å². The van der Waals surface area contributed by atoms with Crippen molar-refractivity contribution in [2.24, 2.45) is 10.2 Å². The number of unbranched alkanes of at least 4 members (excludes halogenated alkanes) is 5. The summed E-state index contributed by atoms with van der Waals surface area (Å²) in [6, 6.07) is 0. The van der Waals surface area contributed by atoms with Gasteiger partial charge in [-0.25, -0.2) is 0 Å². The molecule has 0 bridgehead atoms. The van der Waals surface area contributed by atoms with Crippen LogP contribution in [0.15, 0.2) is 10.2 Å². The van der Waals surface area contributed by atoms with Crippen LogP contribution in [0.2, 0.25) is 0 Å². The van der Waals surface area contributed by atoms with Crippen molar-refractivity contribution in [3.8, 4) is 0 Å². The molecular formula is C15H30N2. The second-order valence-corrected chi connectivity index (χ2v) is 4.94. The summed E-state index contributed by atoms with van der Waals surface area (Å²) in [5.74, 6) is 0. The normalized spacial score (nSPS) is 13.2. The Labute approximate surface area is 108 Å². The summed E-state index contributed by atoms with van der Waals surface area (Å²) >= 11 is 0. The average molecular weight is 238 g/mol. The minimum atomic E-state index is 1.09. The lowest BCUT2D eigenvalue weighted by atomic mass is 10.1.